The summed E-state index contributed by atoms with van der Waals surface area (Å²) in [6.07, 6.45) is 1.50. The van der Waals surface area contributed by atoms with Crippen LogP contribution in [0.15, 0.2) is 71.7 Å². The summed E-state index contributed by atoms with van der Waals surface area (Å²) in [6.45, 7) is 1.20. The minimum atomic E-state index is -0.993. The van der Waals surface area contributed by atoms with Gasteiger partial charge in [-0.3, -0.25) is 9.59 Å². The number of hydrogen-bond acceptors (Lipinski definition) is 2. The lowest BCUT2D eigenvalue weighted by atomic mass is 9.99. The van der Waals surface area contributed by atoms with Gasteiger partial charge in [-0.2, -0.15) is 0 Å². The third-order valence-electron chi connectivity index (χ3n) is 4.74. The first-order chi connectivity index (χ1) is 13.9. The maximum Gasteiger partial charge on any atom is 0.190 e. The largest absolute Gasteiger partial charge is 0.316 e. The van der Waals surface area contributed by atoms with Crippen LogP contribution in [0.5, 0.6) is 0 Å². The number of fused-ring (bicyclic) bond motifs is 1. The Morgan fingerprint density at radius 1 is 0.862 bits per heavy atom. The molecule has 3 nitrogen and oxygen atoms in total. The topological polar surface area (TPSA) is 38.5 Å². The minimum absolute atomic E-state index is 0.115. The van der Waals surface area contributed by atoms with Crippen molar-refractivity contribution in [1.29, 1.82) is 0 Å². The quantitative estimate of drug-likeness (QED) is 0.446. The lowest BCUT2D eigenvalue weighted by Gasteiger charge is -2.14. The highest BCUT2D eigenvalue weighted by molar-refractivity contribution is 5.95. The van der Waals surface area contributed by atoms with E-state index in [9.17, 15) is 22.8 Å². The molecule has 4 aromatic rings. The van der Waals surface area contributed by atoms with Crippen LogP contribution in [-0.2, 0) is 0 Å². The van der Waals surface area contributed by atoms with E-state index in [4.69, 9.17) is 0 Å². The number of benzene rings is 2. The normalized spacial score (nSPS) is 11.0. The van der Waals surface area contributed by atoms with Crippen LogP contribution >= 0.6 is 0 Å². The van der Waals surface area contributed by atoms with Gasteiger partial charge in [-0.05, 0) is 61.0 Å². The fourth-order valence-electron chi connectivity index (χ4n) is 3.36. The highest BCUT2D eigenvalue weighted by Crippen LogP contribution is 2.30. The molecule has 0 aliphatic heterocycles. The summed E-state index contributed by atoms with van der Waals surface area (Å²) in [7, 11) is 0. The van der Waals surface area contributed by atoms with Crippen LogP contribution in [0, 0.1) is 17.5 Å². The molecule has 0 amide bonds. The minimum Gasteiger partial charge on any atom is -0.316 e. The van der Waals surface area contributed by atoms with Gasteiger partial charge in [0.1, 0.15) is 17.5 Å². The number of nitrogens with zero attached hydrogens (tertiary/aromatic N) is 1. The molecule has 0 aliphatic rings. The molecule has 0 fully saturated rings. The van der Waals surface area contributed by atoms with Crippen molar-refractivity contribution in [3.63, 3.8) is 0 Å². The molecule has 2 heterocycles. The van der Waals surface area contributed by atoms with Crippen LogP contribution in [0.2, 0.25) is 0 Å². The van der Waals surface area contributed by atoms with Crippen LogP contribution in [0.25, 0.3) is 27.9 Å². The van der Waals surface area contributed by atoms with Gasteiger partial charge in [-0.25, -0.2) is 13.2 Å². The van der Waals surface area contributed by atoms with Crippen LogP contribution < -0.4 is 5.43 Å². The highest BCUT2D eigenvalue weighted by atomic mass is 19.1. The van der Waals surface area contributed by atoms with Crippen molar-refractivity contribution in [3.8, 4) is 22.4 Å². The van der Waals surface area contributed by atoms with Crippen LogP contribution in [0.1, 0.15) is 17.3 Å². The van der Waals surface area contributed by atoms with Gasteiger partial charge in [-0.15, -0.1) is 0 Å². The standard InChI is InChI=1S/C23H14F3NO2/c1-13(28)15-11-17(25)22(18(26)12-15)23-20-4-2-3-19(27(20)10-9-21(23)29)14-5-7-16(24)8-6-14/h2-12H,1H3. The Balaban J connectivity index is 2.04. The lowest BCUT2D eigenvalue weighted by molar-refractivity contribution is 0.101. The average molecular weight is 393 g/mol. The number of ketones is 1. The Bertz CT molecular complexity index is 1300. The molecule has 0 radical (unpaired) electrons. The predicted octanol–water partition coefficient (Wildman–Crippen LogP) is 5.25. The number of rotatable bonds is 3. The number of carbonyl (C=O) groups is 1. The zero-order valence-electron chi connectivity index (χ0n) is 15.2. The second-order valence-corrected chi connectivity index (χ2v) is 6.60. The maximum absolute atomic E-state index is 14.8. The second-order valence-electron chi connectivity index (χ2n) is 6.60. The molecule has 6 heteroatoms. The third-order valence-corrected chi connectivity index (χ3v) is 4.74. The molecule has 0 atom stereocenters. The first kappa shape index (κ1) is 18.7. The molecule has 0 aliphatic carbocycles. The summed E-state index contributed by atoms with van der Waals surface area (Å²) in [4.78, 5) is 24.1. The molecule has 0 spiro atoms. The summed E-state index contributed by atoms with van der Waals surface area (Å²) >= 11 is 0. The van der Waals surface area contributed by atoms with Gasteiger partial charge in [0.15, 0.2) is 11.2 Å². The van der Waals surface area contributed by atoms with Crippen molar-refractivity contribution < 1.29 is 18.0 Å². The van der Waals surface area contributed by atoms with Crippen LogP contribution in [-0.4, -0.2) is 10.2 Å². The molecule has 0 unspecified atom stereocenters. The fourth-order valence-corrected chi connectivity index (χ4v) is 3.36. The first-order valence-corrected chi connectivity index (χ1v) is 8.77. The predicted molar refractivity (Wildman–Crippen MR) is 104 cm³/mol. The Hall–Kier alpha value is -3.67. The second kappa shape index (κ2) is 7.05. The van der Waals surface area contributed by atoms with Crippen molar-refractivity contribution in [2.24, 2.45) is 0 Å². The lowest BCUT2D eigenvalue weighted by Crippen LogP contribution is -2.11. The molecule has 0 saturated carbocycles. The number of aromatic nitrogens is 1. The first-order valence-electron chi connectivity index (χ1n) is 8.77. The maximum atomic E-state index is 14.8. The Labute approximate surface area is 163 Å². The van der Waals surface area contributed by atoms with E-state index in [1.54, 1.807) is 34.7 Å². The smallest absolute Gasteiger partial charge is 0.190 e. The van der Waals surface area contributed by atoms with Crippen molar-refractivity contribution >= 4 is 11.3 Å². The van der Waals surface area contributed by atoms with Gasteiger partial charge < -0.3 is 4.40 Å². The Morgan fingerprint density at radius 3 is 2.14 bits per heavy atom. The van der Waals surface area contributed by atoms with E-state index in [-0.39, 0.29) is 16.6 Å². The highest BCUT2D eigenvalue weighted by Gasteiger charge is 2.20. The zero-order valence-corrected chi connectivity index (χ0v) is 15.2. The number of Topliss-reactive ketones (excluding diaryl/α,β-unsaturated/α-hetero) is 1. The number of hydrogen-bond donors (Lipinski definition) is 0. The van der Waals surface area contributed by atoms with Gasteiger partial charge in [0.05, 0.1) is 22.3 Å². The van der Waals surface area contributed by atoms with E-state index < -0.39 is 34.2 Å². The number of carbonyl (C=O) groups excluding carboxylic acids is 1. The van der Waals surface area contributed by atoms with Gasteiger partial charge >= 0.3 is 0 Å². The summed E-state index contributed by atoms with van der Waals surface area (Å²) < 4.78 is 44.4. The average Bonchev–Trinajstić information content (AvgIpc) is 2.69. The Kier molecular flexibility index (Phi) is 4.54. The SMILES string of the molecule is CC(=O)c1cc(F)c(-c2c(=O)ccn3c(-c4ccc(F)cc4)cccc23)c(F)c1. The van der Waals surface area contributed by atoms with Crippen LogP contribution in [0.3, 0.4) is 0 Å². The molecule has 0 saturated heterocycles. The third kappa shape index (κ3) is 3.23. The Morgan fingerprint density at radius 2 is 1.52 bits per heavy atom. The monoisotopic (exact) mass is 393 g/mol. The molecule has 2 aromatic carbocycles. The van der Waals surface area contributed by atoms with Gasteiger partial charge in [0.2, 0.25) is 0 Å². The van der Waals surface area contributed by atoms with E-state index in [1.807, 2.05) is 0 Å². The van der Waals surface area contributed by atoms with E-state index in [2.05, 4.69) is 0 Å². The van der Waals surface area contributed by atoms with Gasteiger partial charge in [0, 0.05) is 17.8 Å². The fraction of sp³-hybridized carbons (Fsp3) is 0.0435. The van der Waals surface area contributed by atoms with Crippen molar-refractivity contribution in [3.05, 3.63) is 100 Å². The molecule has 29 heavy (non-hydrogen) atoms. The molecule has 2 aromatic heterocycles. The van der Waals surface area contributed by atoms with E-state index in [0.29, 0.717) is 11.3 Å². The van der Waals surface area contributed by atoms with Gasteiger partial charge in [-0.1, -0.05) is 6.07 Å². The van der Waals surface area contributed by atoms with Crippen molar-refractivity contribution in [1.82, 2.24) is 4.40 Å². The van der Waals surface area contributed by atoms with Crippen LogP contribution in [0.4, 0.5) is 13.2 Å². The summed E-state index contributed by atoms with van der Waals surface area (Å²) in [5.41, 5.74) is 0.249. The molecule has 0 N–H and O–H groups in total. The summed E-state index contributed by atoms with van der Waals surface area (Å²) in [5, 5.41) is 0. The van der Waals surface area contributed by atoms with Crippen molar-refractivity contribution in [2.45, 2.75) is 6.92 Å². The van der Waals surface area contributed by atoms with Crippen molar-refractivity contribution in [2.75, 3.05) is 0 Å². The molecular weight excluding hydrogens is 379 g/mol. The summed E-state index contributed by atoms with van der Waals surface area (Å²) in [5.74, 6) is -2.86. The zero-order chi connectivity index (χ0) is 20.7. The molecular formula is C23H14F3NO2. The van der Waals surface area contributed by atoms with E-state index >= 15 is 0 Å². The van der Waals surface area contributed by atoms with Gasteiger partial charge in [0.25, 0.3) is 0 Å². The summed E-state index contributed by atoms with van der Waals surface area (Å²) in [6, 6.07) is 13.8. The molecule has 144 valence electrons. The number of halogens is 3. The van der Waals surface area contributed by atoms with E-state index in [1.165, 1.54) is 31.3 Å². The molecule has 4 rings (SSSR count). The number of pyridine rings is 2. The molecule has 0 bridgehead atoms. The van der Waals surface area contributed by atoms with E-state index in [0.717, 1.165) is 12.1 Å².